The standard InChI is InChI=1S/C20H22N6O2S/c1-14(27)19-8-15(12-29-19)10-25-7-3-4-16(11-25)20(28)22-17-5-2-6-18(9-17)26-13-21-23-24-26/h2,5-6,8-9,12-13,16H,3-4,7,10-11H2,1H3,(H,22,28). The molecule has 1 aliphatic heterocycles. The van der Waals surface area contributed by atoms with Gasteiger partial charge in [0, 0.05) is 18.8 Å². The molecule has 0 bridgehead atoms. The fourth-order valence-electron chi connectivity index (χ4n) is 3.56. The Balaban J connectivity index is 1.37. The molecule has 8 nitrogen and oxygen atoms in total. The molecular formula is C20H22N6O2S. The van der Waals surface area contributed by atoms with E-state index in [0.29, 0.717) is 6.54 Å². The molecule has 1 amide bonds. The molecule has 1 aromatic carbocycles. The number of thiophene rings is 1. The third-order valence-corrected chi connectivity index (χ3v) is 6.09. The lowest BCUT2D eigenvalue weighted by atomic mass is 9.96. The molecule has 9 heteroatoms. The van der Waals surface area contributed by atoms with Gasteiger partial charge in [-0.3, -0.25) is 14.5 Å². The second kappa shape index (κ2) is 8.62. The SMILES string of the molecule is CC(=O)c1cc(CN2CCCC(C(=O)Nc3cccc(-n4cnnn4)c3)C2)cs1. The van der Waals surface area contributed by atoms with Crippen molar-refractivity contribution in [3.05, 3.63) is 52.5 Å². The van der Waals surface area contributed by atoms with Crippen LogP contribution in [0.2, 0.25) is 0 Å². The minimum absolute atomic E-state index is 0.0262. The Kier molecular flexibility index (Phi) is 5.77. The number of tetrazole rings is 1. The third kappa shape index (κ3) is 4.75. The lowest BCUT2D eigenvalue weighted by Gasteiger charge is -2.31. The smallest absolute Gasteiger partial charge is 0.228 e. The number of amides is 1. The van der Waals surface area contributed by atoms with E-state index >= 15 is 0 Å². The van der Waals surface area contributed by atoms with E-state index in [1.54, 1.807) is 11.6 Å². The summed E-state index contributed by atoms with van der Waals surface area (Å²) in [6.07, 6.45) is 3.37. The number of anilines is 1. The molecule has 0 saturated carbocycles. The van der Waals surface area contributed by atoms with Crippen molar-refractivity contribution in [1.29, 1.82) is 0 Å². The summed E-state index contributed by atoms with van der Waals surface area (Å²) in [6, 6.07) is 9.42. The number of likely N-dealkylation sites (tertiary alicyclic amines) is 1. The number of hydrogen-bond acceptors (Lipinski definition) is 7. The lowest BCUT2D eigenvalue weighted by Crippen LogP contribution is -2.40. The molecule has 1 unspecified atom stereocenters. The molecule has 150 valence electrons. The van der Waals surface area contributed by atoms with Crippen LogP contribution in [0.5, 0.6) is 0 Å². The highest BCUT2D eigenvalue weighted by Crippen LogP contribution is 2.23. The van der Waals surface area contributed by atoms with Crippen molar-refractivity contribution in [1.82, 2.24) is 25.1 Å². The van der Waals surface area contributed by atoms with Gasteiger partial charge in [0.25, 0.3) is 0 Å². The molecule has 4 rings (SSSR count). The van der Waals surface area contributed by atoms with Crippen molar-refractivity contribution >= 4 is 28.7 Å². The molecule has 0 radical (unpaired) electrons. The highest BCUT2D eigenvalue weighted by Gasteiger charge is 2.26. The summed E-state index contributed by atoms with van der Waals surface area (Å²) >= 11 is 1.48. The molecule has 0 aliphatic carbocycles. The Labute approximate surface area is 172 Å². The molecule has 1 fully saturated rings. The average molecular weight is 411 g/mol. The molecule has 29 heavy (non-hydrogen) atoms. The zero-order valence-electron chi connectivity index (χ0n) is 16.1. The summed E-state index contributed by atoms with van der Waals surface area (Å²) in [6.45, 7) is 4.03. The van der Waals surface area contributed by atoms with Crippen LogP contribution in [0.1, 0.15) is 35.0 Å². The normalized spacial score (nSPS) is 17.2. The topological polar surface area (TPSA) is 93.0 Å². The summed E-state index contributed by atoms with van der Waals surface area (Å²) < 4.78 is 1.55. The van der Waals surface area contributed by atoms with E-state index < -0.39 is 0 Å². The average Bonchev–Trinajstić information content (AvgIpc) is 3.41. The molecule has 3 aromatic rings. The van der Waals surface area contributed by atoms with Gasteiger partial charge in [-0.2, -0.15) is 0 Å². The van der Waals surface area contributed by atoms with Crippen LogP contribution in [0, 0.1) is 5.92 Å². The number of nitrogens with zero attached hydrogens (tertiary/aromatic N) is 5. The molecule has 2 aromatic heterocycles. The first kappa shape index (κ1) is 19.4. The minimum Gasteiger partial charge on any atom is -0.326 e. The molecule has 1 saturated heterocycles. The van der Waals surface area contributed by atoms with E-state index in [4.69, 9.17) is 0 Å². The van der Waals surface area contributed by atoms with Crippen LogP contribution in [-0.4, -0.2) is 49.9 Å². The zero-order chi connectivity index (χ0) is 20.2. The number of aromatic nitrogens is 4. The first-order valence-corrected chi connectivity index (χ1v) is 10.4. The number of carbonyl (C=O) groups excluding carboxylic acids is 2. The first-order valence-electron chi connectivity index (χ1n) is 9.53. The van der Waals surface area contributed by atoms with E-state index in [1.807, 2.05) is 35.7 Å². The summed E-state index contributed by atoms with van der Waals surface area (Å²) in [5.41, 5.74) is 2.65. The molecule has 1 aliphatic rings. The van der Waals surface area contributed by atoms with E-state index in [1.165, 1.54) is 17.7 Å². The predicted molar refractivity (Wildman–Crippen MR) is 110 cm³/mol. The molecular weight excluding hydrogens is 388 g/mol. The highest BCUT2D eigenvalue weighted by atomic mass is 32.1. The molecule has 3 heterocycles. The fourth-order valence-corrected chi connectivity index (χ4v) is 4.37. The quantitative estimate of drug-likeness (QED) is 0.628. The Morgan fingerprint density at radius 1 is 1.31 bits per heavy atom. The monoisotopic (exact) mass is 410 g/mol. The van der Waals surface area contributed by atoms with Gasteiger partial charge in [0.1, 0.15) is 6.33 Å². The van der Waals surface area contributed by atoms with E-state index in [0.717, 1.165) is 47.7 Å². The zero-order valence-corrected chi connectivity index (χ0v) is 16.9. The van der Waals surface area contributed by atoms with E-state index in [2.05, 4.69) is 25.7 Å². The second-order valence-corrected chi connectivity index (χ2v) is 8.15. The van der Waals surface area contributed by atoms with Crippen molar-refractivity contribution in [2.24, 2.45) is 5.92 Å². The number of hydrogen-bond donors (Lipinski definition) is 1. The number of ketones is 1. The van der Waals surface area contributed by atoms with Gasteiger partial charge >= 0.3 is 0 Å². The number of Topliss-reactive ketones (excluding diaryl/α,β-unsaturated/α-hetero) is 1. The van der Waals surface area contributed by atoms with Crippen molar-refractivity contribution in [2.45, 2.75) is 26.3 Å². The van der Waals surface area contributed by atoms with Gasteiger partial charge in [-0.05, 0) is 71.9 Å². The maximum Gasteiger partial charge on any atom is 0.228 e. The van der Waals surface area contributed by atoms with Crippen LogP contribution >= 0.6 is 11.3 Å². The van der Waals surface area contributed by atoms with Gasteiger partial charge in [0.05, 0.1) is 16.5 Å². The number of benzene rings is 1. The maximum absolute atomic E-state index is 12.8. The van der Waals surface area contributed by atoms with Crippen LogP contribution in [0.25, 0.3) is 5.69 Å². The van der Waals surface area contributed by atoms with Crippen molar-refractivity contribution in [3.8, 4) is 5.69 Å². The van der Waals surface area contributed by atoms with Crippen molar-refractivity contribution < 1.29 is 9.59 Å². The molecule has 0 spiro atoms. The summed E-state index contributed by atoms with van der Waals surface area (Å²) in [7, 11) is 0. The summed E-state index contributed by atoms with van der Waals surface area (Å²) in [5, 5.41) is 16.2. The second-order valence-electron chi connectivity index (χ2n) is 7.24. The van der Waals surface area contributed by atoms with Crippen molar-refractivity contribution in [2.75, 3.05) is 18.4 Å². The first-order chi connectivity index (χ1) is 14.1. The van der Waals surface area contributed by atoms with Crippen LogP contribution in [0.3, 0.4) is 0 Å². The van der Waals surface area contributed by atoms with Crippen LogP contribution in [0.4, 0.5) is 5.69 Å². The highest BCUT2D eigenvalue weighted by molar-refractivity contribution is 7.12. The van der Waals surface area contributed by atoms with Crippen LogP contribution < -0.4 is 5.32 Å². The maximum atomic E-state index is 12.8. The lowest BCUT2D eigenvalue weighted by molar-refractivity contribution is -0.121. The summed E-state index contributed by atoms with van der Waals surface area (Å²) in [5.74, 6) is 0.0608. The molecule has 1 N–H and O–H groups in total. The van der Waals surface area contributed by atoms with E-state index in [-0.39, 0.29) is 17.6 Å². The van der Waals surface area contributed by atoms with Gasteiger partial charge in [0.15, 0.2) is 5.78 Å². The fraction of sp³-hybridized carbons (Fsp3) is 0.350. The Bertz CT molecular complexity index is 1000. The number of carbonyl (C=O) groups is 2. The Morgan fingerprint density at radius 3 is 2.97 bits per heavy atom. The molecule has 1 atom stereocenters. The predicted octanol–water partition coefficient (Wildman–Crippen LogP) is 2.78. The minimum atomic E-state index is -0.0636. The van der Waals surface area contributed by atoms with Crippen LogP contribution in [0.15, 0.2) is 42.0 Å². The van der Waals surface area contributed by atoms with Gasteiger partial charge in [-0.1, -0.05) is 6.07 Å². The van der Waals surface area contributed by atoms with Crippen LogP contribution in [-0.2, 0) is 11.3 Å². The number of nitrogens with one attached hydrogen (secondary N) is 1. The van der Waals surface area contributed by atoms with Gasteiger partial charge in [-0.15, -0.1) is 16.4 Å². The van der Waals surface area contributed by atoms with Gasteiger partial charge in [0.2, 0.25) is 5.91 Å². The largest absolute Gasteiger partial charge is 0.326 e. The Morgan fingerprint density at radius 2 is 2.21 bits per heavy atom. The number of rotatable bonds is 6. The van der Waals surface area contributed by atoms with Crippen molar-refractivity contribution in [3.63, 3.8) is 0 Å². The van der Waals surface area contributed by atoms with Gasteiger partial charge < -0.3 is 5.32 Å². The number of piperidine rings is 1. The van der Waals surface area contributed by atoms with E-state index in [9.17, 15) is 9.59 Å². The van der Waals surface area contributed by atoms with Gasteiger partial charge in [-0.25, -0.2) is 4.68 Å². The summed E-state index contributed by atoms with van der Waals surface area (Å²) in [4.78, 5) is 27.4. The third-order valence-electron chi connectivity index (χ3n) is 5.01. The Hall–Kier alpha value is -2.91.